The molecule has 134 valence electrons. The standard InChI is InChI=1S/C12H10.C11H24.CH4/c1-3-7-11(8-4-1)12-9-5-2-6-10-12;1-9(11(5,6)7)8-10(2,3)4;/h1-10H;9H,8H2,1-7H3;1H4. The average molecular weight is 327 g/mol. The van der Waals surface area contributed by atoms with E-state index in [2.05, 4.69) is 97.0 Å². The summed E-state index contributed by atoms with van der Waals surface area (Å²) in [5.74, 6) is 0.808. The van der Waals surface area contributed by atoms with E-state index in [1.165, 1.54) is 17.5 Å². The first-order chi connectivity index (χ1) is 10.6. The van der Waals surface area contributed by atoms with Crippen molar-refractivity contribution in [3.63, 3.8) is 0 Å². The van der Waals surface area contributed by atoms with Crippen LogP contribution in [0.4, 0.5) is 0 Å². The fourth-order valence-corrected chi connectivity index (χ4v) is 2.49. The first-order valence-electron chi connectivity index (χ1n) is 8.70. The molecule has 0 aromatic heterocycles. The van der Waals surface area contributed by atoms with Crippen molar-refractivity contribution < 1.29 is 0 Å². The molecule has 2 aromatic carbocycles. The van der Waals surface area contributed by atoms with Gasteiger partial charge in [-0.3, -0.25) is 0 Å². The Morgan fingerprint density at radius 1 is 0.667 bits per heavy atom. The molecule has 0 spiro atoms. The Hall–Kier alpha value is -1.56. The molecule has 0 aliphatic rings. The van der Waals surface area contributed by atoms with Gasteiger partial charge >= 0.3 is 0 Å². The molecule has 0 bridgehead atoms. The molecule has 0 radical (unpaired) electrons. The van der Waals surface area contributed by atoms with Gasteiger partial charge in [-0.15, -0.1) is 0 Å². The largest absolute Gasteiger partial charge is 0.0776 e. The molecule has 2 aromatic rings. The van der Waals surface area contributed by atoms with Crippen molar-refractivity contribution in [3.8, 4) is 11.1 Å². The Balaban J connectivity index is 0.000000426. The summed E-state index contributed by atoms with van der Waals surface area (Å²) >= 11 is 0. The van der Waals surface area contributed by atoms with Gasteiger partial charge in [-0.05, 0) is 34.3 Å². The fourth-order valence-electron chi connectivity index (χ4n) is 2.49. The SMILES string of the molecule is C.CC(CC(C)(C)C)C(C)(C)C.c1ccc(-c2ccccc2)cc1. The number of benzene rings is 2. The van der Waals surface area contributed by atoms with Crippen LogP contribution in [0.3, 0.4) is 0 Å². The third-order valence-electron chi connectivity index (χ3n) is 4.28. The van der Waals surface area contributed by atoms with E-state index in [4.69, 9.17) is 0 Å². The Morgan fingerprint density at radius 3 is 1.21 bits per heavy atom. The van der Waals surface area contributed by atoms with Gasteiger partial charge in [-0.25, -0.2) is 0 Å². The smallest absolute Gasteiger partial charge is 0.0184 e. The summed E-state index contributed by atoms with van der Waals surface area (Å²) in [7, 11) is 0. The number of hydrogen-bond donors (Lipinski definition) is 0. The third kappa shape index (κ3) is 8.91. The summed E-state index contributed by atoms with van der Waals surface area (Å²) in [5.41, 5.74) is 3.50. The molecular formula is C24H38. The van der Waals surface area contributed by atoms with Crippen molar-refractivity contribution >= 4 is 0 Å². The molecule has 1 atom stereocenters. The van der Waals surface area contributed by atoms with Crippen molar-refractivity contribution in [2.45, 2.75) is 62.3 Å². The molecule has 24 heavy (non-hydrogen) atoms. The van der Waals surface area contributed by atoms with Crippen LogP contribution in [-0.4, -0.2) is 0 Å². The lowest BCUT2D eigenvalue weighted by Crippen LogP contribution is -2.22. The molecule has 2 rings (SSSR count). The Labute approximate surface area is 151 Å². The van der Waals surface area contributed by atoms with Gasteiger partial charge in [0, 0.05) is 0 Å². The molecule has 0 heteroatoms. The summed E-state index contributed by atoms with van der Waals surface area (Å²) in [4.78, 5) is 0. The maximum Gasteiger partial charge on any atom is -0.0184 e. The molecule has 0 saturated heterocycles. The van der Waals surface area contributed by atoms with Crippen molar-refractivity contribution in [1.82, 2.24) is 0 Å². The predicted octanol–water partition coefficient (Wildman–Crippen LogP) is 8.09. The van der Waals surface area contributed by atoms with Crippen LogP contribution >= 0.6 is 0 Å². The van der Waals surface area contributed by atoms with Gasteiger partial charge in [0.1, 0.15) is 0 Å². The van der Waals surface area contributed by atoms with Crippen LogP contribution in [0.5, 0.6) is 0 Å². The normalized spacial score (nSPS) is 12.5. The highest BCUT2D eigenvalue weighted by molar-refractivity contribution is 5.62. The Kier molecular flexibility index (Phi) is 9.04. The molecule has 0 aliphatic heterocycles. The molecular weight excluding hydrogens is 288 g/mol. The minimum Gasteiger partial charge on any atom is -0.0776 e. The van der Waals surface area contributed by atoms with E-state index in [0.29, 0.717) is 10.8 Å². The van der Waals surface area contributed by atoms with Crippen LogP contribution in [0, 0.1) is 16.7 Å². The molecule has 1 unspecified atom stereocenters. The minimum atomic E-state index is 0. The second kappa shape index (κ2) is 9.67. The molecule has 0 aliphatic carbocycles. The Morgan fingerprint density at radius 2 is 1.00 bits per heavy atom. The molecule has 0 N–H and O–H groups in total. The summed E-state index contributed by atoms with van der Waals surface area (Å²) in [6, 6.07) is 20.8. The van der Waals surface area contributed by atoms with Crippen molar-refractivity contribution in [2.24, 2.45) is 16.7 Å². The summed E-state index contributed by atoms with van der Waals surface area (Å²) < 4.78 is 0. The summed E-state index contributed by atoms with van der Waals surface area (Å²) in [6.45, 7) is 16.3. The first-order valence-corrected chi connectivity index (χ1v) is 8.70. The summed E-state index contributed by atoms with van der Waals surface area (Å²) in [6.07, 6.45) is 1.32. The Bertz CT molecular complexity index is 501. The highest BCUT2D eigenvalue weighted by Crippen LogP contribution is 2.35. The second-order valence-electron chi connectivity index (χ2n) is 8.76. The highest BCUT2D eigenvalue weighted by Gasteiger charge is 2.24. The predicted molar refractivity (Wildman–Crippen MR) is 111 cm³/mol. The molecule has 0 heterocycles. The zero-order valence-corrected chi connectivity index (χ0v) is 16.1. The quantitative estimate of drug-likeness (QED) is 0.523. The molecule has 0 amide bonds. The van der Waals surface area contributed by atoms with Gasteiger partial charge < -0.3 is 0 Å². The highest BCUT2D eigenvalue weighted by atomic mass is 14.3. The minimum absolute atomic E-state index is 0. The van der Waals surface area contributed by atoms with Gasteiger partial charge in [0.25, 0.3) is 0 Å². The van der Waals surface area contributed by atoms with Crippen LogP contribution in [0.25, 0.3) is 11.1 Å². The van der Waals surface area contributed by atoms with Gasteiger partial charge in [0.15, 0.2) is 0 Å². The van der Waals surface area contributed by atoms with E-state index in [1.54, 1.807) is 0 Å². The average Bonchev–Trinajstić information content (AvgIpc) is 2.47. The van der Waals surface area contributed by atoms with E-state index in [1.807, 2.05) is 12.1 Å². The van der Waals surface area contributed by atoms with Gasteiger partial charge in [-0.1, -0.05) is 117 Å². The zero-order chi connectivity index (χ0) is 17.5. The van der Waals surface area contributed by atoms with Gasteiger partial charge in [-0.2, -0.15) is 0 Å². The fraction of sp³-hybridized carbons (Fsp3) is 0.500. The van der Waals surface area contributed by atoms with Crippen molar-refractivity contribution in [3.05, 3.63) is 60.7 Å². The van der Waals surface area contributed by atoms with Crippen LogP contribution in [-0.2, 0) is 0 Å². The maximum atomic E-state index is 2.35. The monoisotopic (exact) mass is 326 g/mol. The third-order valence-corrected chi connectivity index (χ3v) is 4.28. The van der Waals surface area contributed by atoms with Gasteiger partial charge in [0.05, 0.1) is 0 Å². The van der Waals surface area contributed by atoms with E-state index >= 15 is 0 Å². The zero-order valence-electron chi connectivity index (χ0n) is 16.1. The van der Waals surface area contributed by atoms with E-state index in [-0.39, 0.29) is 7.43 Å². The second-order valence-corrected chi connectivity index (χ2v) is 8.76. The van der Waals surface area contributed by atoms with Crippen LogP contribution in [0.1, 0.15) is 62.3 Å². The number of rotatable bonds is 2. The van der Waals surface area contributed by atoms with Crippen molar-refractivity contribution in [1.29, 1.82) is 0 Å². The van der Waals surface area contributed by atoms with E-state index in [0.717, 1.165) is 5.92 Å². The molecule has 0 nitrogen and oxygen atoms in total. The van der Waals surface area contributed by atoms with E-state index in [9.17, 15) is 0 Å². The van der Waals surface area contributed by atoms with Crippen molar-refractivity contribution in [2.75, 3.05) is 0 Å². The molecule has 0 fully saturated rings. The van der Waals surface area contributed by atoms with Gasteiger partial charge in [0.2, 0.25) is 0 Å². The summed E-state index contributed by atoms with van der Waals surface area (Å²) in [5, 5.41) is 0. The maximum absolute atomic E-state index is 2.35. The number of hydrogen-bond acceptors (Lipinski definition) is 0. The first kappa shape index (κ1) is 22.4. The topological polar surface area (TPSA) is 0 Å². The van der Waals surface area contributed by atoms with E-state index < -0.39 is 0 Å². The van der Waals surface area contributed by atoms with Crippen LogP contribution in [0.15, 0.2) is 60.7 Å². The lowest BCUT2D eigenvalue weighted by atomic mass is 9.73. The lowest BCUT2D eigenvalue weighted by Gasteiger charge is -2.32. The molecule has 0 saturated carbocycles. The lowest BCUT2D eigenvalue weighted by molar-refractivity contribution is 0.182. The van der Waals surface area contributed by atoms with Crippen LogP contribution < -0.4 is 0 Å². The van der Waals surface area contributed by atoms with Crippen LogP contribution in [0.2, 0.25) is 0 Å².